The Morgan fingerprint density at radius 3 is 3.05 bits per heavy atom. The molecule has 20 heavy (non-hydrogen) atoms. The highest BCUT2D eigenvalue weighted by molar-refractivity contribution is 5.91. The molecule has 1 aromatic rings. The molecule has 6 heteroatoms. The van der Waals surface area contributed by atoms with E-state index in [-0.39, 0.29) is 31.0 Å². The average Bonchev–Trinajstić information content (AvgIpc) is 2.61. The molecule has 0 fully saturated rings. The van der Waals surface area contributed by atoms with Crippen molar-refractivity contribution in [3.05, 3.63) is 23.8 Å². The van der Waals surface area contributed by atoms with E-state index in [2.05, 4.69) is 10.6 Å². The lowest BCUT2D eigenvalue weighted by atomic mass is 10.1. The van der Waals surface area contributed by atoms with Crippen LogP contribution in [0.1, 0.15) is 19.4 Å². The van der Waals surface area contributed by atoms with Crippen LogP contribution < -0.4 is 15.4 Å². The minimum Gasteiger partial charge on any atom is -0.492 e. The highest BCUT2D eigenvalue weighted by Crippen LogP contribution is 2.24. The molecule has 0 spiro atoms. The summed E-state index contributed by atoms with van der Waals surface area (Å²) < 4.78 is 10.8. The van der Waals surface area contributed by atoms with Crippen molar-refractivity contribution in [2.75, 3.05) is 25.1 Å². The van der Waals surface area contributed by atoms with Crippen molar-refractivity contribution >= 4 is 24.0 Å². The number of hydrogen-bond donors (Lipinski definition) is 2. The number of rotatable bonds is 4. The second-order valence-electron chi connectivity index (χ2n) is 4.76. The van der Waals surface area contributed by atoms with Gasteiger partial charge in [-0.3, -0.25) is 4.79 Å². The number of nitrogens with one attached hydrogen (secondary N) is 2. The lowest BCUT2D eigenvalue weighted by molar-refractivity contribution is -0.121. The van der Waals surface area contributed by atoms with E-state index in [1.54, 1.807) is 0 Å². The van der Waals surface area contributed by atoms with E-state index < -0.39 is 0 Å². The Labute approximate surface area is 125 Å². The summed E-state index contributed by atoms with van der Waals surface area (Å²) in [6.07, 6.45) is 0.0513. The Bertz CT molecular complexity index is 452. The number of halogens is 1. The van der Waals surface area contributed by atoms with E-state index in [4.69, 9.17) is 9.47 Å². The van der Waals surface area contributed by atoms with Crippen LogP contribution >= 0.6 is 12.4 Å². The van der Waals surface area contributed by atoms with E-state index in [9.17, 15) is 4.79 Å². The third kappa shape index (κ3) is 5.00. The minimum absolute atomic E-state index is 0. The van der Waals surface area contributed by atoms with Crippen LogP contribution in [0.5, 0.6) is 5.75 Å². The van der Waals surface area contributed by atoms with Crippen LogP contribution in [0.2, 0.25) is 0 Å². The van der Waals surface area contributed by atoms with Crippen LogP contribution in [-0.4, -0.2) is 31.8 Å². The van der Waals surface area contributed by atoms with Gasteiger partial charge in [-0.2, -0.15) is 0 Å². The summed E-state index contributed by atoms with van der Waals surface area (Å²) in [6.45, 7) is 6.13. The number of amides is 1. The largest absolute Gasteiger partial charge is 0.492 e. The van der Waals surface area contributed by atoms with Crippen LogP contribution in [0, 0.1) is 0 Å². The molecule has 112 valence electrons. The van der Waals surface area contributed by atoms with E-state index in [0.717, 1.165) is 30.1 Å². The molecule has 0 aliphatic carbocycles. The SMILES string of the molecule is CC(C)OCC(=O)Nc1ccc2c(c1)CNCCO2.Cl. The number of carbonyl (C=O) groups excluding carboxylic acids is 1. The van der Waals surface area contributed by atoms with Crippen LogP contribution in [0.4, 0.5) is 5.69 Å². The average molecular weight is 301 g/mol. The van der Waals surface area contributed by atoms with E-state index in [1.165, 1.54) is 0 Å². The lowest BCUT2D eigenvalue weighted by Crippen LogP contribution is -2.20. The van der Waals surface area contributed by atoms with Crippen LogP contribution in [0.3, 0.4) is 0 Å². The highest BCUT2D eigenvalue weighted by Gasteiger charge is 2.10. The second kappa shape index (κ2) is 8.09. The summed E-state index contributed by atoms with van der Waals surface area (Å²) in [6, 6.07) is 5.67. The van der Waals surface area contributed by atoms with Gasteiger partial charge in [0, 0.05) is 24.3 Å². The molecule has 2 N–H and O–H groups in total. The molecule has 0 saturated heterocycles. The summed E-state index contributed by atoms with van der Waals surface area (Å²) in [5, 5.41) is 6.08. The number of benzene rings is 1. The van der Waals surface area contributed by atoms with Gasteiger partial charge in [0.1, 0.15) is 19.0 Å². The third-order valence-electron chi connectivity index (χ3n) is 2.74. The van der Waals surface area contributed by atoms with Crippen molar-refractivity contribution in [1.29, 1.82) is 0 Å². The van der Waals surface area contributed by atoms with Crippen LogP contribution in [0.25, 0.3) is 0 Å². The summed E-state index contributed by atoms with van der Waals surface area (Å²) in [5.74, 6) is 0.734. The van der Waals surface area contributed by atoms with E-state index in [1.807, 2.05) is 32.0 Å². The third-order valence-corrected chi connectivity index (χ3v) is 2.74. The van der Waals surface area contributed by atoms with Gasteiger partial charge in [0.2, 0.25) is 5.91 Å². The summed E-state index contributed by atoms with van der Waals surface area (Å²) in [7, 11) is 0. The normalized spacial score (nSPS) is 13.8. The van der Waals surface area contributed by atoms with Crippen molar-refractivity contribution in [3.63, 3.8) is 0 Å². The van der Waals surface area contributed by atoms with Gasteiger partial charge in [0.15, 0.2) is 0 Å². The van der Waals surface area contributed by atoms with Crippen LogP contribution in [-0.2, 0) is 16.1 Å². The zero-order valence-electron chi connectivity index (χ0n) is 11.8. The summed E-state index contributed by atoms with van der Waals surface area (Å²) in [5.41, 5.74) is 1.82. The predicted octanol–water partition coefficient (Wildman–Crippen LogP) is 1.95. The molecule has 1 heterocycles. The van der Waals surface area contributed by atoms with Gasteiger partial charge in [-0.05, 0) is 32.0 Å². The summed E-state index contributed by atoms with van der Waals surface area (Å²) >= 11 is 0. The van der Waals surface area contributed by atoms with Crippen molar-refractivity contribution in [2.24, 2.45) is 0 Å². The Morgan fingerprint density at radius 2 is 2.30 bits per heavy atom. The number of hydrogen-bond acceptors (Lipinski definition) is 4. The first-order chi connectivity index (χ1) is 9.15. The zero-order chi connectivity index (χ0) is 13.7. The maximum Gasteiger partial charge on any atom is 0.250 e. The van der Waals surface area contributed by atoms with Gasteiger partial charge in [-0.1, -0.05) is 0 Å². The fraction of sp³-hybridized carbons (Fsp3) is 0.500. The first-order valence-electron chi connectivity index (χ1n) is 6.53. The molecule has 0 saturated carbocycles. The van der Waals surface area contributed by atoms with Crippen molar-refractivity contribution in [3.8, 4) is 5.75 Å². The first kappa shape index (κ1) is 16.8. The first-order valence-corrected chi connectivity index (χ1v) is 6.53. The van der Waals surface area contributed by atoms with Crippen molar-refractivity contribution in [1.82, 2.24) is 5.32 Å². The van der Waals surface area contributed by atoms with Crippen molar-refractivity contribution < 1.29 is 14.3 Å². The molecule has 2 rings (SSSR count). The molecule has 0 aromatic heterocycles. The molecule has 1 aliphatic heterocycles. The Hall–Kier alpha value is -1.30. The Balaban J connectivity index is 0.00000200. The topological polar surface area (TPSA) is 59.6 Å². The fourth-order valence-corrected chi connectivity index (χ4v) is 1.83. The van der Waals surface area contributed by atoms with Crippen molar-refractivity contribution in [2.45, 2.75) is 26.5 Å². The molecule has 0 bridgehead atoms. The number of anilines is 1. The molecule has 1 aromatic carbocycles. The Morgan fingerprint density at radius 1 is 1.50 bits per heavy atom. The monoisotopic (exact) mass is 300 g/mol. The minimum atomic E-state index is -0.142. The molecule has 0 unspecified atom stereocenters. The molecule has 0 atom stereocenters. The van der Waals surface area contributed by atoms with Gasteiger partial charge >= 0.3 is 0 Å². The van der Waals surface area contributed by atoms with Gasteiger partial charge in [-0.25, -0.2) is 0 Å². The zero-order valence-corrected chi connectivity index (χ0v) is 12.6. The van der Waals surface area contributed by atoms with Gasteiger partial charge in [0.05, 0.1) is 6.10 Å². The molecule has 1 amide bonds. The van der Waals surface area contributed by atoms with E-state index >= 15 is 0 Å². The summed E-state index contributed by atoms with van der Waals surface area (Å²) in [4.78, 5) is 11.7. The Kier molecular flexibility index (Phi) is 6.78. The second-order valence-corrected chi connectivity index (χ2v) is 4.76. The lowest BCUT2D eigenvalue weighted by Gasteiger charge is -2.11. The molecular formula is C14H21ClN2O3. The fourth-order valence-electron chi connectivity index (χ4n) is 1.83. The quantitative estimate of drug-likeness (QED) is 0.892. The maximum absolute atomic E-state index is 11.7. The predicted molar refractivity (Wildman–Crippen MR) is 80.6 cm³/mol. The standard InChI is InChI=1S/C14H20N2O3.ClH/c1-10(2)19-9-14(17)16-12-3-4-13-11(7-12)8-15-5-6-18-13;/h3-4,7,10,15H,5-6,8-9H2,1-2H3,(H,16,17);1H. The molecule has 0 radical (unpaired) electrons. The van der Waals surface area contributed by atoms with Gasteiger partial charge < -0.3 is 20.1 Å². The maximum atomic E-state index is 11.7. The molecule has 1 aliphatic rings. The number of carbonyl (C=O) groups is 1. The van der Waals surface area contributed by atoms with Crippen LogP contribution in [0.15, 0.2) is 18.2 Å². The highest BCUT2D eigenvalue weighted by atomic mass is 35.5. The number of fused-ring (bicyclic) bond motifs is 1. The molecule has 5 nitrogen and oxygen atoms in total. The smallest absolute Gasteiger partial charge is 0.250 e. The van der Waals surface area contributed by atoms with E-state index in [0.29, 0.717) is 6.61 Å². The molecular weight excluding hydrogens is 280 g/mol. The van der Waals surface area contributed by atoms with Gasteiger partial charge in [-0.15, -0.1) is 12.4 Å². The van der Waals surface area contributed by atoms with Gasteiger partial charge in [0.25, 0.3) is 0 Å². The number of ether oxygens (including phenoxy) is 2.